The third kappa shape index (κ3) is 5.57. The summed E-state index contributed by atoms with van der Waals surface area (Å²) in [7, 11) is -4.23. The van der Waals surface area contributed by atoms with Gasteiger partial charge in [0.05, 0.1) is 23.8 Å². The summed E-state index contributed by atoms with van der Waals surface area (Å²) in [5.41, 5.74) is 6.00. The maximum Gasteiger partial charge on any atom is 0.251 e. The number of nitrogens with one attached hydrogen (secondary N) is 2. The fourth-order valence-corrected chi connectivity index (χ4v) is 4.32. The minimum Gasteiger partial charge on any atom is -0.320 e. The number of aromatic nitrogens is 1. The summed E-state index contributed by atoms with van der Waals surface area (Å²) in [5, 5.41) is 2.27. The van der Waals surface area contributed by atoms with Gasteiger partial charge in [0.15, 0.2) is 0 Å². The van der Waals surface area contributed by atoms with Crippen molar-refractivity contribution < 1.29 is 22.0 Å². The molecular formula is C15H21ClF2N4O3S. The SMILES string of the molecule is N[C@H](C(=O)Nc1cc(Cl)c(S(=O)(=O)NCC(F)F)cn1)C1CCCCC1. The van der Waals surface area contributed by atoms with Crippen LogP contribution in [-0.4, -0.2) is 38.3 Å². The molecule has 0 aromatic carbocycles. The molecule has 1 atom stereocenters. The summed E-state index contributed by atoms with van der Waals surface area (Å²) < 4.78 is 50.0. The lowest BCUT2D eigenvalue weighted by Gasteiger charge is -2.26. The van der Waals surface area contributed by atoms with E-state index in [9.17, 15) is 22.0 Å². The summed E-state index contributed by atoms with van der Waals surface area (Å²) in [5.74, 6) is -0.289. The van der Waals surface area contributed by atoms with Crippen LogP contribution >= 0.6 is 11.6 Å². The molecule has 1 saturated carbocycles. The molecule has 1 aromatic heterocycles. The highest BCUT2D eigenvalue weighted by Crippen LogP contribution is 2.27. The highest BCUT2D eigenvalue weighted by Gasteiger charge is 2.27. The Hall–Kier alpha value is -1.36. The fraction of sp³-hybridized carbons (Fsp3) is 0.600. The molecule has 146 valence electrons. The maximum atomic E-state index is 12.2. The minimum absolute atomic E-state index is 0.0408. The molecule has 0 saturated heterocycles. The van der Waals surface area contributed by atoms with Crippen LogP contribution in [0.3, 0.4) is 0 Å². The lowest BCUT2D eigenvalue weighted by atomic mass is 9.84. The van der Waals surface area contributed by atoms with Gasteiger partial charge in [0, 0.05) is 6.07 Å². The van der Waals surface area contributed by atoms with E-state index >= 15 is 0 Å². The topological polar surface area (TPSA) is 114 Å². The number of pyridine rings is 1. The molecule has 1 aliphatic rings. The van der Waals surface area contributed by atoms with Crippen LogP contribution in [0.1, 0.15) is 32.1 Å². The van der Waals surface area contributed by atoms with E-state index in [1.165, 1.54) is 0 Å². The number of nitrogens with two attached hydrogens (primary N) is 1. The number of rotatable bonds is 7. The summed E-state index contributed by atoms with van der Waals surface area (Å²) >= 11 is 5.91. The number of nitrogens with zero attached hydrogens (tertiary/aromatic N) is 1. The van der Waals surface area contributed by atoms with Crippen molar-refractivity contribution in [3.63, 3.8) is 0 Å². The molecule has 0 bridgehead atoms. The van der Waals surface area contributed by atoms with Gasteiger partial charge in [0.25, 0.3) is 6.43 Å². The standard InChI is InChI=1S/C15H21ClF2N4O3S/c16-10-6-13(20-7-11(10)26(24,25)21-8-12(17)18)22-15(23)14(19)9-4-2-1-3-5-9/h6-7,9,12,14,21H,1-5,8,19H2,(H,20,22,23)/t14-/m0/s1. The van der Waals surface area contributed by atoms with Crippen LogP contribution in [0.25, 0.3) is 0 Å². The lowest BCUT2D eigenvalue weighted by molar-refractivity contribution is -0.118. The first kappa shape index (κ1) is 20.9. The number of amides is 1. The van der Waals surface area contributed by atoms with Crippen LogP contribution < -0.4 is 15.8 Å². The zero-order chi connectivity index (χ0) is 19.3. The molecule has 26 heavy (non-hydrogen) atoms. The monoisotopic (exact) mass is 410 g/mol. The van der Waals surface area contributed by atoms with Gasteiger partial charge < -0.3 is 11.1 Å². The largest absolute Gasteiger partial charge is 0.320 e. The minimum atomic E-state index is -4.23. The number of halogens is 3. The molecule has 1 heterocycles. The van der Waals surface area contributed by atoms with Gasteiger partial charge in [-0.1, -0.05) is 30.9 Å². The fourth-order valence-electron chi connectivity index (χ4n) is 2.85. The number of hydrogen-bond donors (Lipinski definition) is 3. The summed E-state index contributed by atoms with van der Waals surface area (Å²) in [6.07, 6.45) is 3.04. The number of carbonyl (C=O) groups excluding carboxylic acids is 1. The van der Waals surface area contributed by atoms with Crippen molar-refractivity contribution in [2.24, 2.45) is 11.7 Å². The van der Waals surface area contributed by atoms with Gasteiger partial charge in [-0.2, -0.15) is 0 Å². The molecule has 1 fully saturated rings. The Morgan fingerprint density at radius 1 is 1.35 bits per heavy atom. The Balaban J connectivity index is 2.05. The quantitative estimate of drug-likeness (QED) is 0.637. The molecule has 1 amide bonds. The zero-order valence-electron chi connectivity index (χ0n) is 13.9. The smallest absolute Gasteiger partial charge is 0.251 e. The van der Waals surface area contributed by atoms with Crippen LogP contribution in [-0.2, 0) is 14.8 Å². The van der Waals surface area contributed by atoms with Crippen molar-refractivity contribution in [1.82, 2.24) is 9.71 Å². The summed E-state index contributed by atoms with van der Waals surface area (Å²) in [4.78, 5) is 15.6. The Morgan fingerprint density at radius 2 is 2.00 bits per heavy atom. The second-order valence-electron chi connectivity index (χ2n) is 6.16. The van der Waals surface area contributed by atoms with Gasteiger partial charge in [-0.3, -0.25) is 4.79 Å². The summed E-state index contributed by atoms with van der Waals surface area (Å²) in [6, 6.07) is 0.455. The third-order valence-electron chi connectivity index (χ3n) is 4.25. The van der Waals surface area contributed by atoms with Crippen molar-refractivity contribution in [3.05, 3.63) is 17.3 Å². The van der Waals surface area contributed by atoms with Crippen molar-refractivity contribution >= 4 is 33.3 Å². The molecule has 4 N–H and O–H groups in total. The van der Waals surface area contributed by atoms with Gasteiger partial charge in [-0.15, -0.1) is 0 Å². The van der Waals surface area contributed by atoms with E-state index in [0.29, 0.717) is 0 Å². The molecule has 0 radical (unpaired) electrons. The number of anilines is 1. The molecule has 2 rings (SSSR count). The van der Waals surface area contributed by atoms with E-state index in [-0.39, 0.29) is 16.8 Å². The van der Waals surface area contributed by atoms with Crippen molar-refractivity contribution in [1.29, 1.82) is 0 Å². The molecule has 0 aliphatic heterocycles. The van der Waals surface area contributed by atoms with Gasteiger partial charge in [0.2, 0.25) is 15.9 Å². The Kier molecular flexibility index (Phi) is 7.27. The average Bonchev–Trinajstić information content (AvgIpc) is 2.60. The van der Waals surface area contributed by atoms with E-state index in [4.69, 9.17) is 17.3 Å². The first-order valence-electron chi connectivity index (χ1n) is 8.20. The van der Waals surface area contributed by atoms with Crippen molar-refractivity contribution in [2.75, 3.05) is 11.9 Å². The second-order valence-corrected chi connectivity index (χ2v) is 8.30. The molecular weight excluding hydrogens is 390 g/mol. The highest BCUT2D eigenvalue weighted by atomic mass is 35.5. The first-order valence-corrected chi connectivity index (χ1v) is 10.1. The number of sulfonamides is 1. The van der Waals surface area contributed by atoms with E-state index in [1.54, 1.807) is 4.72 Å². The molecule has 1 aromatic rings. The van der Waals surface area contributed by atoms with Crippen LogP contribution in [0.4, 0.5) is 14.6 Å². The van der Waals surface area contributed by atoms with Crippen molar-refractivity contribution in [2.45, 2.75) is 49.5 Å². The van der Waals surface area contributed by atoms with E-state index in [1.807, 2.05) is 0 Å². The predicted octanol–water partition coefficient (Wildman–Crippen LogP) is 2.12. The van der Waals surface area contributed by atoms with Crippen LogP contribution in [0.5, 0.6) is 0 Å². The average molecular weight is 411 g/mol. The van der Waals surface area contributed by atoms with Crippen LogP contribution in [0, 0.1) is 5.92 Å². The first-order chi connectivity index (χ1) is 12.2. The Morgan fingerprint density at radius 3 is 2.58 bits per heavy atom. The van der Waals surface area contributed by atoms with Gasteiger partial charge in [-0.05, 0) is 18.8 Å². The summed E-state index contributed by atoms with van der Waals surface area (Å²) in [6.45, 7) is -1.03. The molecule has 7 nitrogen and oxygen atoms in total. The molecule has 0 unspecified atom stereocenters. The number of hydrogen-bond acceptors (Lipinski definition) is 5. The second kappa shape index (κ2) is 9.03. The van der Waals surface area contributed by atoms with Gasteiger partial charge >= 0.3 is 0 Å². The molecule has 11 heteroatoms. The highest BCUT2D eigenvalue weighted by molar-refractivity contribution is 7.89. The van der Waals surface area contributed by atoms with Crippen LogP contribution in [0.2, 0.25) is 5.02 Å². The van der Waals surface area contributed by atoms with E-state index in [2.05, 4.69) is 10.3 Å². The zero-order valence-corrected chi connectivity index (χ0v) is 15.5. The third-order valence-corrected chi connectivity index (χ3v) is 6.12. The maximum absolute atomic E-state index is 12.2. The van der Waals surface area contributed by atoms with Crippen LogP contribution in [0.15, 0.2) is 17.2 Å². The van der Waals surface area contributed by atoms with E-state index in [0.717, 1.165) is 44.4 Å². The molecule has 1 aliphatic carbocycles. The van der Waals surface area contributed by atoms with Gasteiger partial charge in [-0.25, -0.2) is 26.9 Å². The Labute approximate surface area is 155 Å². The molecule has 0 spiro atoms. The van der Waals surface area contributed by atoms with Gasteiger partial charge in [0.1, 0.15) is 10.7 Å². The number of alkyl halides is 2. The number of carbonyl (C=O) groups is 1. The normalized spacial score (nSPS) is 17.3. The van der Waals surface area contributed by atoms with E-state index < -0.39 is 39.8 Å². The van der Waals surface area contributed by atoms with Crippen molar-refractivity contribution in [3.8, 4) is 0 Å². The predicted molar refractivity (Wildman–Crippen MR) is 93.6 cm³/mol. The lowest BCUT2D eigenvalue weighted by Crippen LogP contribution is -2.42. The Bertz CT molecular complexity index is 742.